The van der Waals surface area contributed by atoms with Crippen LogP contribution < -0.4 is 19.5 Å². The third-order valence-corrected chi connectivity index (χ3v) is 4.10. The van der Waals surface area contributed by atoms with Crippen LogP contribution in [0.1, 0.15) is 33.3 Å². The monoisotopic (exact) mass is 371 g/mol. The molecule has 0 aliphatic heterocycles. The van der Waals surface area contributed by atoms with Crippen molar-refractivity contribution >= 4 is 5.91 Å². The third kappa shape index (κ3) is 6.20. The van der Waals surface area contributed by atoms with Gasteiger partial charge in [0, 0.05) is 0 Å². The topological polar surface area (TPSA) is 56.8 Å². The number of benzene rings is 2. The maximum absolute atomic E-state index is 12.2. The fourth-order valence-corrected chi connectivity index (χ4v) is 2.60. The minimum absolute atomic E-state index is 0.000556. The molecule has 1 N–H and O–H groups in total. The number of carbonyl (C=O) groups excluding carboxylic acids is 1. The summed E-state index contributed by atoms with van der Waals surface area (Å²) >= 11 is 0. The summed E-state index contributed by atoms with van der Waals surface area (Å²) in [6.07, 6.45) is -0.597. The van der Waals surface area contributed by atoms with Crippen molar-refractivity contribution in [3.63, 3.8) is 0 Å². The number of carbonyl (C=O) groups is 1. The van der Waals surface area contributed by atoms with Crippen LogP contribution in [0.5, 0.6) is 17.2 Å². The van der Waals surface area contributed by atoms with Gasteiger partial charge in [0.1, 0.15) is 23.9 Å². The molecule has 2 rings (SSSR count). The fourth-order valence-electron chi connectivity index (χ4n) is 2.60. The van der Waals surface area contributed by atoms with E-state index in [4.69, 9.17) is 14.2 Å². The number of amides is 1. The number of hydrogen-bond donors (Lipinski definition) is 1. The van der Waals surface area contributed by atoms with Crippen molar-refractivity contribution in [2.45, 2.75) is 39.2 Å². The predicted molar refractivity (Wildman–Crippen MR) is 107 cm³/mol. The van der Waals surface area contributed by atoms with E-state index in [9.17, 15) is 4.79 Å². The van der Waals surface area contributed by atoms with Crippen LogP contribution in [-0.2, 0) is 10.2 Å². The van der Waals surface area contributed by atoms with Gasteiger partial charge >= 0.3 is 0 Å². The molecule has 1 unspecified atom stereocenters. The first kappa shape index (κ1) is 20.6. The number of nitrogens with one attached hydrogen (secondary N) is 1. The van der Waals surface area contributed by atoms with Crippen LogP contribution in [0.3, 0.4) is 0 Å². The lowest BCUT2D eigenvalue weighted by Gasteiger charge is -2.22. The largest absolute Gasteiger partial charge is 0.497 e. The van der Waals surface area contributed by atoms with Gasteiger partial charge in [0.15, 0.2) is 6.10 Å². The van der Waals surface area contributed by atoms with Crippen LogP contribution in [0.25, 0.3) is 0 Å². The molecule has 0 radical (unpaired) electrons. The summed E-state index contributed by atoms with van der Waals surface area (Å²) in [5, 5.41) is 2.84. The van der Waals surface area contributed by atoms with E-state index in [0.29, 0.717) is 18.9 Å². The summed E-state index contributed by atoms with van der Waals surface area (Å²) in [7, 11) is 1.61. The molecule has 1 amide bonds. The first-order valence-corrected chi connectivity index (χ1v) is 9.12. The second kappa shape index (κ2) is 9.31. The van der Waals surface area contributed by atoms with Crippen LogP contribution in [-0.4, -0.2) is 32.3 Å². The van der Waals surface area contributed by atoms with Gasteiger partial charge in [0.2, 0.25) is 0 Å². The zero-order valence-electron chi connectivity index (χ0n) is 16.7. The van der Waals surface area contributed by atoms with Crippen molar-refractivity contribution in [1.29, 1.82) is 0 Å². The number of rotatable bonds is 8. The minimum Gasteiger partial charge on any atom is -0.497 e. The molecule has 5 nitrogen and oxygen atoms in total. The van der Waals surface area contributed by atoms with Gasteiger partial charge in [0.25, 0.3) is 5.91 Å². The zero-order valence-corrected chi connectivity index (χ0v) is 16.7. The van der Waals surface area contributed by atoms with E-state index >= 15 is 0 Å². The summed E-state index contributed by atoms with van der Waals surface area (Å²) in [6, 6.07) is 15.1. The van der Waals surface area contributed by atoms with Crippen molar-refractivity contribution in [3.05, 3.63) is 54.1 Å². The van der Waals surface area contributed by atoms with Gasteiger partial charge in [-0.3, -0.25) is 4.79 Å². The van der Waals surface area contributed by atoms with E-state index in [-0.39, 0.29) is 11.3 Å². The van der Waals surface area contributed by atoms with E-state index in [1.165, 1.54) is 0 Å². The van der Waals surface area contributed by atoms with E-state index in [0.717, 1.165) is 17.1 Å². The first-order chi connectivity index (χ1) is 12.8. The number of ether oxygens (including phenoxy) is 3. The van der Waals surface area contributed by atoms with Crippen LogP contribution >= 0.6 is 0 Å². The Morgan fingerprint density at radius 2 is 1.67 bits per heavy atom. The molecule has 2 aromatic carbocycles. The Hall–Kier alpha value is -2.69. The molecule has 1 atom stereocenters. The summed E-state index contributed by atoms with van der Waals surface area (Å²) in [5.41, 5.74) is 1.15. The molecule has 27 heavy (non-hydrogen) atoms. The number of methoxy groups -OCH3 is 1. The second-order valence-electron chi connectivity index (χ2n) is 7.32. The fraction of sp³-hybridized carbons (Fsp3) is 0.409. The van der Waals surface area contributed by atoms with Crippen LogP contribution in [0.15, 0.2) is 48.5 Å². The van der Waals surface area contributed by atoms with Crippen molar-refractivity contribution in [2.75, 3.05) is 20.3 Å². The Bertz CT molecular complexity index is 735. The second-order valence-corrected chi connectivity index (χ2v) is 7.32. The molecular formula is C22H29NO4. The Labute approximate surface area is 161 Å². The van der Waals surface area contributed by atoms with Gasteiger partial charge in [0.05, 0.1) is 13.7 Å². The van der Waals surface area contributed by atoms with Crippen molar-refractivity contribution in [3.8, 4) is 17.2 Å². The van der Waals surface area contributed by atoms with Gasteiger partial charge in [-0.25, -0.2) is 0 Å². The van der Waals surface area contributed by atoms with E-state index < -0.39 is 6.10 Å². The van der Waals surface area contributed by atoms with Gasteiger partial charge in [-0.2, -0.15) is 0 Å². The highest BCUT2D eigenvalue weighted by molar-refractivity contribution is 5.80. The maximum Gasteiger partial charge on any atom is 0.260 e. The normalized spacial score (nSPS) is 12.2. The molecule has 146 valence electrons. The predicted octanol–water partition coefficient (Wildman–Crippen LogP) is 3.96. The first-order valence-electron chi connectivity index (χ1n) is 9.12. The molecule has 0 saturated heterocycles. The Morgan fingerprint density at radius 3 is 2.30 bits per heavy atom. The van der Waals surface area contributed by atoms with E-state index in [1.54, 1.807) is 38.3 Å². The summed E-state index contributed by atoms with van der Waals surface area (Å²) in [4.78, 5) is 12.2. The maximum atomic E-state index is 12.2. The molecule has 0 aromatic heterocycles. The van der Waals surface area contributed by atoms with Crippen molar-refractivity contribution in [1.82, 2.24) is 5.32 Å². The third-order valence-electron chi connectivity index (χ3n) is 4.10. The molecule has 0 aliphatic rings. The van der Waals surface area contributed by atoms with Gasteiger partial charge < -0.3 is 19.5 Å². The molecule has 0 aliphatic carbocycles. The average Bonchev–Trinajstić information content (AvgIpc) is 2.65. The molecule has 0 bridgehead atoms. The molecule has 5 heteroatoms. The van der Waals surface area contributed by atoms with E-state index in [2.05, 4.69) is 32.2 Å². The van der Waals surface area contributed by atoms with Crippen LogP contribution in [0, 0.1) is 0 Å². The Morgan fingerprint density at radius 1 is 1.04 bits per heavy atom. The quantitative estimate of drug-likeness (QED) is 0.714. The molecule has 0 heterocycles. The molecule has 0 fully saturated rings. The highest BCUT2D eigenvalue weighted by atomic mass is 16.5. The molecular weight excluding hydrogens is 342 g/mol. The summed E-state index contributed by atoms with van der Waals surface area (Å²) < 4.78 is 16.6. The average molecular weight is 371 g/mol. The number of hydrogen-bond acceptors (Lipinski definition) is 4. The molecule has 0 spiro atoms. The van der Waals surface area contributed by atoms with Gasteiger partial charge in [-0.15, -0.1) is 0 Å². The smallest absolute Gasteiger partial charge is 0.260 e. The highest BCUT2D eigenvalue weighted by Gasteiger charge is 2.18. The lowest BCUT2D eigenvalue weighted by molar-refractivity contribution is -0.127. The lowest BCUT2D eigenvalue weighted by Crippen LogP contribution is -2.38. The summed E-state index contributed by atoms with van der Waals surface area (Å²) in [5.74, 6) is 2.03. The Balaban J connectivity index is 1.79. The van der Waals surface area contributed by atoms with Gasteiger partial charge in [-0.1, -0.05) is 39.0 Å². The number of para-hydroxylation sites is 1. The minimum atomic E-state index is -0.597. The van der Waals surface area contributed by atoms with Crippen LogP contribution in [0.4, 0.5) is 0 Å². The van der Waals surface area contributed by atoms with Gasteiger partial charge in [-0.05, 0) is 48.2 Å². The standard InChI is InChI=1S/C22H29NO4/c1-16(27-18-12-10-17(25-5)11-13-18)21(24)23-14-15-26-20-9-7-6-8-19(20)22(2,3)4/h6-13,16H,14-15H2,1-5H3,(H,23,24). The molecule has 0 saturated carbocycles. The van der Waals surface area contributed by atoms with Crippen LogP contribution in [0.2, 0.25) is 0 Å². The lowest BCUT2D eigenvalue weighted by atomic mass is 9.86. The van der Waals surface area contributed by atoms with Crippen molar-refractivity contribution in [2.24, 2.45) is 0 Å². The zero-order chi connectivity index (χ0) is 19.9. The highest BCUT2D eigenvalue weighted by Crippen LogP contribution is 2.30. The van der Waals surface area contributed by atoms with E-state index in [1.807, 2.05) is 18.2 Å². The SMILES string of the molecule is COc1ccc(OC(C)C(=O)NCCOc2ccccc2C(C)(C)C)cc1. The van der Waals surface area contributed by atoms with Crippen molar-refractivity contribution < 1.29 is 19.0 Å². The Kier molecular flexibility index (Phi) is 7.11. The molecule has 2 aromatic rings. The summed E-state index contributed by atoms with van der Waals surface area (Å²) in [6.45, 7) is 8.97.